The highest BCUT2D eigenvalue weighted by atomic mass is 19.4. The standard InChI is InChI=1S/C22H24F3NO2/c1-27-19-10-9-18(28-22(23,24)25)12-17(19)13-26-21-16-8-7-15(11-16)20(21)14-5-3-2-4-6-14/h2-6,9-10,12,15-16,20-21,26H,7-8,11,13H2,1H3. The predicted octanol–water partition coefficient (Wildman–Crippen LogP) is 5.27. The third-order valence-corrected chi connectivity index (χ3v) is 6.11. The van der Waals surface area contributed by atoms with E-state index in [1.54, 1.807) is 0 Å². The molecule has 2 bridgehead atoms. The summed E-state index contributed by atoms with van der Waals surface area (Å²) in [6.07, 6.45) is -1.03. The normalized spacial score (nSPS) is 26.4. The van der Waals surface area contributed by atoms with E-state index in [4.69, 9.17) is 4.74 Å². The molecule has 2 aromatic carbocycles. The van der Waals surface area contributed by atoms with Crippen LogP contribution in [0.25, 0.3) is 0 Å². The molecule has 1 N–H and O–H groups in total. The third kappa shape index (κ3) is 3.97. The van der Waals surface area contributed by atoms with Gasteiger partial charge in [-0.3, -0.25) is 0 Å². The molecule has 2 aliphatic rings. The average Bonchev–Trinajstić information content (AvgIpc) is 3.27. The first-order valence-corrected chi connectivity index (χ1v) is 9.65. The largest absolute Gasteiger partial charge is 0.573 e. The van der Waals surface area contributed by atoms with Crippen molar-refractivity contribution in [2.75, 3.05) is 7.11 Å². The Morgan fingerprint density at radius 3 is 2.50 bits per heavy atom. The lowest BCUT2D eigenvalue weighted by atomic mass is 9.79. The molecule has 28 heavy (non-hydrogen) atoms. The molecule has 0 spiro atoms. The Kier molecular flexibility index (Phi) is 5.23. The number of hydrogen-bond acceptors (Lipinski definition) is 3. The number of benzene rings is 2. The summed E-state index contributed by atoms with van der Waals surface area (Å²) < 4.78 is 47.1. The zero-order valence-corrected chi connectivity index (χ0v) is 15.7. The van der Waals surface area contributed by atoms with E-state index < -0.39 is 6.36 Å². The van der Waals surface area contributed by atoms with E-state index in [-0.39, 0.29) is 5.75 Å². The summed E-state index contributed by atoms with van der Waals surface area (Å²) in [4.78, 5) is 0. The van der Waals surface area contributed by atoms with Crippen molar-refractivity contribution in [3.05, 3.63) is 59.7 Å². The summed E-state index contributed by atoms with van der Waals surface area (Å²) in [5, 5.41) is 3.63. The van der Waals surface area contributed by atoms with Crippen molar-refractivity contribution in [3.63, 3.8) is 0 Å². The van der Waals surface area contributed by atoms with Crippen LogP contribution >= 0.6 is 0 Å². The van der Waals surface area contributed by atoms with Crippen molar-refractivity contribution in [1.29, 1.82) is 0 Å². The summed E-state index contributed by atoms with van der Waals surface area (Å²) in [5.74, 6) is 2.06. The van der Waals surface area contributed by atoms with E-state index in [9.17, 15) is 13.2 Å². The van der Waals surface area contributed by atoms with Gasteiger partial charge in [0.2, 0.25) is 0 Å². The fourth-order valence-corrected chi connectivity index (χ4v) is 5.06. The van der Waals surface area contributed by atoms with Gasteiger partial charge in [-0.05, 0) is 54.9 Å². The monoisotopic (exact) mass is 391 g/mol. The van der Waals surface area contributed by atoms with Crippen molar-refractivity contribution in [3.8, 4) is 11.5 Å². The Balaban J connectivity index is 1.52. The highest BCUT2D eigenvalue weighted by molar-refractivity contribution is 5.40. The molecule has 3 nitrogen and oxygen atoms in total. The van der Waals surface area contributed by atoms with E-state index in [2.05, 4.69) is 34.3 Å². The molecule has 0 radical (unpaired) electrons. The lowest BCUT2D eigenvalue weighted by molar-refractivity contribution is -0.274. The highest BCUT2D eigenvalue weighted by Crippen LogP contribution is 2.53. The molecule has 0 saturated heterocycles. The first kappa shape index (κ1) is 19.1. The maximum Gasteiger partial charge on any atom is 0.573 e. The minimum absolute atomic E-state index is 0.224. The van der Waals surface area contributed by atoms with Crippen LogP contribution in [0.1, 0.15) is 36.3 Å². The highest BCUT2D eigenvalue weighted by Gasteiger charge is 2.47. The zero-order valence-electron chi connectivity index (χ0n) is 15.7. The van der Waals surface area contributed by atoms with E-state index in [0.717, 1.165) is 0 Å². The predicted molar refractivity (Wildman–Crippen MR) is 100 cm³/mol. The molecular formula is C22H24F3NO2. The van der Waals surface area contributed by atoms with Crippen LogP contribution in [0.2, 0.25) is 0 Å². The number of rotatable bonds is 6. The molecule has 150 valence electrons. The molecule has 0 amide bonds. The molecule has 4 atom stereocenters. The van der Waals surface area contributed by atoms with Gasteiger partial charge in [0.15, 0.2) is 0 Å². The Bertz CT molecular complexity index is 809. The molecule has 6 heteroatoms. The smallest absolute Gasteiger partial charge is 0.496 e. The Morgan fingerprint density at radius 2 is 1.79 bits per heavy atom. The number of ether oxygens (including phenoxy) is 2. The maximum absolute atomic E-state index is 12.6. The molecule has 0 aromatic heterocycles. The van der Waals surface area contributed by atoms with E-state index >= 15 is 0 Å². The van der Waals surface area contributed by atoms with Gasteiger partial charge in [-0.25, -0.2) is 0 Å². The Morgan fingerprint density at radius 1 is 1.04 bits per heavy atom. The van der Waals surface area contributed by atoms with Gasteiger partial charge in [-0.1, -0.05) is 30.3 Å². The number of alkyl halides is 3. The van der Waals surface area contributed by atoms with Crippen molar-refractivity contribution in [2.24, 2.45) is 11.8 Å². The average molecular weight is 391 g/mol. The first-order valence-electron chi connectivity index (χ1n) is 9.65. The zero-order chi connectivity index (χ0) is 19.7. The molecule has 2 aromatic rings. The molecule has 2 fully saturated rings. The van der Waals surface area contributed by atoms with Crippen LogP contribution in [0, 0.1) is 11.8 Å². The number of halogens is 3. The van der Waals surface area contributed by atoms with Gasteiger partial charge in [0, 0.05) is 24.1 Å². The lowest BCUT2D eigenvalue weighted by Gasteiger charge is -2.32. The SMILES string of the molecule is COc1ccc(OC(F)(F)F)cc1CNC1C2CCC(C2)C1c1ccccc1. The van der Waals surface area contributed by atoms with E-state index in [1.165, 1.54) is 50.1 Å². The number of hydrogen-bond donors (Lipinski definition) is 1. The van der Waals surface area contributed by atoms with Crippen molar-refractivity contribution in [1.82, 2.24) is 5.32 Å². The second-order valence-electron chi connectivity index (χ2n) is 7.70. The Labute approximate surface area is 162 Å². The van der Waals surface area contributed by atoms with Crippen LogP contribution in [0.3, 0.4) is 0 Å². The molecular weight excluding hydrogens is 367 g/mol. The molecule has 4 rings (SSSR count). The van der Waals surface area contributed by atoms with Gasteiger partial charge >= 0.3 is 6.36 Å². The fourth-order valence-electron chi connectivity index (χ4n) is 5.06. The van der Waals surface area contributed by atoms with Gasteiger partial charge in [0.1, 0.15) is 11.5 Å². The van der Waals surface area contributed by atoms with Crippen LogP contribution in [-0.4, -0.2) is 19.5 Å². The topological polar surface area (TPSA) is 30.5 Å². The van der Waals surface area contributed by atoms with Crippen LogP contribution in [0.4, 0.5) is 13.2 Å². The second kappa shape index (κ2) is 7.66. The van der Waals surface area contributed by atoms with Gasteiger partial charge in [0.25, 0.3) is 0 Å². The Hall–Kier alpha value is -2.21. The lowest BCUT2D eigenvalue weighted by Crippen LogP contribution is -2.39. The van der Waals surface area contributed by atoms with Crippen LogP contribution in [-0.2, 0) is 6.54 Å². The third-order valence-electron chi connectivity index (χ3n) is 6.11. The molecule has 4 unspecified atom stereocenters. The van der Waals surface area contributed by atoms with E-state index in [0.29, 0.717) is 41.7 Å². The summed E-state index contributed by atoms with van der Waals surface area (Å²) in [6, 6.07) is 15.0. The number of fused-ring (bicyclic) bond motifs is 2. The van der Waals surface area contributed by atoms with Gasteiger partial charge in [-0.15, -0.1) is 13.2 Å². The summed E-state index contributed by atoms with van der Waals surface area (Å²) in [6.45, 7) is 0.440. The van der Waals surface area contributed by atoms with Crippen LogP contribution < -0.4 is 14.8 Å². The van der Waals surface area contributed by atoms with Crippen LogP contribution in [0.15, 0.2) is 48.5 Å². The van der Waals surface area contributed by atoms with Gasteiger partial charge in [0.05, 0.1) is 7.11 Å². The number of methoxy groups -OCH3 is 1. The van der Waals surface area contributed by atoms with Gasteiger partial charge < -0.3 is 14.8 Å². The van der Waals surface area contributed by atoms with Crippen molar-refractivity contribution < 1.29 is 22.6 Å². The summed E-state index contributed by atoms with van der Waals surface area (Å²) in [7, 11) is 1.52. The first-order chi connectivity index (χ1) is 13.4. The maximum atomic E-state index is 12.6. The minimum Gasteiger partial charge on any atom is -0.496 e. The summed E-state index contributed by atoms with van der Waals surface area (Å²) >= 11 is 0. The van der Waals surface area contributed by atoms with E-state index in [1.807, 2.05) is 6.07 Å². The molecule has 0 aliphatic heterocycles. The fraction of sp³-hybridized carbons (Fsp3) is 0.455. The van der Waals surface area contributed by atoms with Crippen LogP contribution in [0.5, 0.6) is 11.5 Å². The number of nitrogens with one attached hydrogen (secondary N) is 1. The minimum atomic E-state index is -4.71. The molecule has 2 aliphatic carbocycles. The summed E-state index contributed by atoms with van der Waals surface area (Å²) in [5.41, 5.74) is 2.01. The second-order valence-corrected chi connectivity index (χ2v) is 7.70. The van der Waals surface area contributed by atoms with Crippen molar-refractivity contribution >= 4 is 0 Å². The molecule has 2 saturated carbocycles. The van der Waals surface area contributed by atoms with Crippen molar-refractivity contribution in [2.45, 2.75) is 44.1 Å². The van der Waals surface area contributed by atoms with Gasteiger partial charge in [-0.2, -0.15) is 0 Å². The quantitative estimate of drug-likeness (QED) is 0.728. The molecule has 0 heterocycles.